The van der Waals surface area contributed by atoms with Crippen LogP contribution < -0.4 is 0 Å². The van der Waals surface area contributed by atoms with E-state index in [1.54, 1.807) is 6.92 Å². The summed E-state index contributed by atoms with van der Waals surface area (Å²) in [6.07, 6.45) is -0.116. The zero-order valence-electron chi connectivity index (χ0n) is 6.09. The molecular formula is C7H10O3. The standard InChI is InChI=1S/C7H10O3/c1-3-4-6-5-9-7(8-2)10-6/h6-7H,5H2,1-2H3/t6-,7?/m1/s1. The number of hydrogen-bond acceptors (Lipinski definition) is 3. The molecule has 1 fully saturated rings. The van der Waals surface area contributed by atoms with Crippen molar-refractivity contribution < 1.29 is 14.2 Å². The zero-order valence-corrected chi connectivity index (χ0v) is 6.09. The minimum Gasteiger partial charge on any atom is -0.333 e. The number of hydrogen-bond donors (Lipinski definition) is 0. The molecule has 3 heteroatoms. The van der Waals surface area contributed by atoms with Crippen LogP contribution in [-0.4, -0.2) is 26.3 Å². The summed E-state index contributed by atoms with van der Waals surface area (Å²) in [6, 6.07) is 0. The largest absolute Gasteiger partial charge is 0.333 e. The second-order valence-electron chi connectivity index (χ2n) is 1.88. The quantitative estimate of drug-likeness (QED) is 0.494. The van der Waals surface area contributed by atoms with Crippen molar-refractivity contribution in [1.82, 2.24) is 0 Å². The van der Waals surface area contributed by atoms with Gasteiger partial charge >= 0.3 is 0 Å². The Morgan fingerprint density at radius 2 is 2.40 bits per heavy atom. The van der Waals surface area contributed by atoms with E-state index in [2.05, 4.69) is 11.8 Å². The minimum absolute atomic E-state index is 0.116. The fourth-order valence-corrected chi connectivity index (χ4v) is 0.739. The van der Waals surface area contributed by atoms with Crippen molar-refractivity contribution in [3.8, 4) is 11.8 Å². The molecule has 56 valence electrons. The van der Waals surface area contributed by atoms with Crippen molar-refractivity contribution >= 4 is 0 Å². The highest BCUT2D eigenvalue weighted by molar-refractivity contribution is 5.03. The lowest BCUT2D eigenvalue weighted by Crippen LogP contribution is -2.11. The van der Waals surface area contributed by atoms with Crippen molar-refractivity contribution in [2.24, 2.45) is 0 Å². The minimum atomic E-state index is -0.522. The van der Waals surface area contributed by atoms with Gasteiger partial charge in [-0.05, 0) is 6.92 Å². The summed E-state index contributed by atoms with van der Waals surface area (Å²) in [6.45, 7) is 1.74. The Labute approximate surface area is 60.3 Å². The predicted octanol–water partition coefficient (Wildman–Crippen LogP) is 0.355. The predicted molar refractivity (Wildman–Crippen MR) is 35.1 cm³/mol. The van der Waals surface area contributed by atoms with E-state index in [0.717, 1.165) is 0 Å². The summed E-state index contributed by atoms with van der Waals surface area (Å²) in [5.74, 6) is 5.58. The molecule has 0 saturated carbocycles. The molecule has 1 saturated heterocycles. The van der Waals surface area contributed by atoms with Gasteiger partial charge in [0.25, 0.3) is 6.48 Å². The van der Waals surface area contributed by atoms with Crippen molar-refractivity contribution in [2.75, 3.05) is 13.7 Å². The molecule has 1 heterocycles. The third-order valence-electron chi connectivity index (χ3n) is 1.16. The summed E-state index contributed by atoms with van der Waals surface area (Å²) >= 11 is 0. The second kappa shape index (κ2) is 3.57. The maximum Gasteiger partial charge on any atom is 0.272 e. The van der Waals surface area contributed by atoms with Crippen LogP contribution in [-0.2, 0) is 14.2 Å². The van der Waals surface area contributed by atoms with E-state index in [0.29, 0.717) is 6.61 Å². The van der Waals surface area contributed by atoms with Gasteiger partial charge in [-0.25, -0.2) is 0 Å². The van der Waals surface area contributed by atoms with Crippen molar-refractivity contribution in [3.05, 3.63) is 0 Å². The van der Waals surface area contributed by atoms with Crippen LogP contribution in [0.25, 0.3) is 0 Å². The molecule has 0 N–H and O–H groups in total. The van der Waals surface area contributed by atoms with Crippen LogP contribution in [0.2, 0.25) is 0 Å². The molecule has 0 radical (unpaired) electrons. The molecule has 0 aromatic rings. The van der Waals surface area contributed by atoms with E-state index in [1.807, 2.05) is 0 Å². The van der Waals surface area contributed by atoms with Gasteiger partial charge in [-0.15, -0.1) is 5.92 Å². The van der Waals surface area contributed by atoms with Gasteiger partial charge in [0.1, 0.15) is 6.10 Å². The van der Waals surface area contributed by atoms with Gasteiger partial charge in [-0.2, -0.15) is 0 Å². The SMILES string of the molecule is CC#C[C@@H]1COC(OC)O1. The topological polar surface area (TPSA) is 27.7 Å². The third kappa shape index (κ3) is 1.71. The maximum absolute atomic E-state index is 5.13. The number of rotatable bonds is 1. The number of ether oxygens (including phenoxy) is 3. The summed E-state index contributed by atoms with van der Waals surface area (Å²) in [4.78, 5) is 0. The smallest absolute Gasteiger partial charge is 0.272 e. The summed E-state index contributed by atoms with van der Waals surface area (Å²) in [5, 5.41) is 0. The first-order valence-corrected chi connectivity index (χ1v) is 3.09. The normalized spacial score (nSPS) is 31.4. The van der Waals surface area contributed by atoms with Crippen molar-refractivity contribution in [3.63, 3.8) is 0 Å². The fourth-order valence-electron chi connectivity index (χ4n) is 0.739. The molecule has 2 atom stereocenters. The lowest BCUT2D eigenvalue weighted by Gasteiger charge is -2.04. The zero-order chi connectivity index (χ0) is 7.40. The van der Waals surface area contributed by atoms with Crippen LogP contribution in [0.15, 0.2) is 0 Å². The van der Waals surface area contributed by atoms with Crippen LogP contribution in [0, 0.1) is 11.8 Å². The Bertz CT molecular complexity index is 156. The molecular weight excluding hydrogens is 132 g/mol. The summed E-state index contributed by atoms with van der Waals surface area (Å²) in [5.41, 5.74) is 0. The van der Waals surface area contributed by atoms with Crippen molar-refractivity contribution in [1.29, 1.82) is 0 Å². The number of methoxy groups -OCH3 is 1. The van der Waals surface area contributed by atoms with E-state index in [1.165, 1.54) is 7.11 Å². The van der Waals surface area contributed by atoms with E-state index in [4.69, 9.17) is 14.2 Å². The van der Waals surface area contributed by atoms with Gasteiger partial charge in [0.2, 0.25) is 0 Å². The highest BCUT2D eigenvalue weighted by atomic mass is 16.9. The van der Waals surface area contributed by atoms with Crippen LogP contribution in [0.1, 0.15) is 6.92 Å². The van der Waals surface area contributed by atoms with Crippen LogP contribution >= 0.6 is 0 Å². The lowest BCUT2D eigenvalue weighted by molar-refractivity contribution is -0.219. The lowest BCUT2D eigenvalue weighted by atomic mass is 10.4. The Balaban J connectivity index is 2.33. The maximum atomic E-state index is 5.13. The molecule has 1 aliphatic heterocycles. The highest BCUT2D eigenvalue weighted by Crippen LogP contribution is 2.10. The molecule has 1 aliphatic rings. The van der Waals surface area contributed by atoms with Gasteiger partial charge in [-0.1, -0.05) is 5.92 Å². The molecule has 1 unspecified atom stereocenters. The molecule has 0 aromatic heterocycles. The average molecular weight is 142 g/mol. The molecule has 0 bridgehead atoms. The first-order chi connectivity index (χ1) is 4.86. The van der Waals surface area contributed by atoms with Gasteiger partial charge < -0.3 is 14.2 Å². The summed E-state index contributed by atoms with van der Waals surface area (Å²) in [7, 11) is 1.53. The van der Waals surface area contributed by atoms with Crippen LogP contribution in [0.3, 0.4) is 0 Å². The third-order valence-corrected chi connectivity index (χ3v) is 1.16. The van der Waals surface area contributed by atoms with Gasteiger partial charge in [0.15, 0.2) is 0 Å². The molecule has 0 aromatic carbocycles. The van der Waals surface area contributed by atoms with Gasteiger partial charge in [0.05, 0.1) is 6.61 Å². The van der Waals surface area contributed by atoms with Crippen molar-refractivity contribution in [2.45, 2.75) is 19.5 Å². The fraction of sp³-hybridized carbons (Fsp3) is 0.714. The van der Waals surface area contributed by atoms with E-state index in [9.17, 15) is 0 Å². The van der Waals surface area contributed by atoms with E-state index < -0.39 is 6.48 Å². The monoisotopic (exact) mass is 142 g/mol. The van der Waals surface area contributed by atoms with Gasteiger partial charge in [-0.3, -0.25) is 0 Å². The Morgan fingerprint density at radius 3 is 2.90 bits per heavy atom. The molecule has 0 spiro atoms. The highest BCUT2D eigenvalue weighted by Gasteiger charge is 2.23. The molecule has 0 aliphatic carbocycles. The molecule has 0 amide bonds. The van der Waals surface area contributed by atoms with Crippen LogP contribution in [0.5, 0.6) is 0 Å². The van der Waals surface area contributed by atoms with Gasteiger partial charge in [0, 0.05) is 7.11 Å². The Kier molecular flexibility index (Phi) is 2.69. The Hall–Kier alpha value is -0.560. The van der Waals surface area contributed by atoms with Crippen LogP contribution in [0.4, 0.5) is 0 Å². The summed E-state index contributed by atoms with van der Waals surface area (Å²) < 4.78 is 14.9. The first-order valence-electron chi connectivity index (χ1n) is 3.09. The second-order valence-corrected chi connectivity index (χ2v) is 1.88. The van der Waals surface area contributed by atoms with E-state index in [-0.39, 0.29) is 6.10 Å². The average Bonchev–Trinajstić information content (AvgIpc) is 2.37. The molecule has 3 nitrogen and oxygen atoms in total. The Morgan fingerprint density at radius 1 is 1.60 bits per heavy atom. The molecule has 1 rings (SSSR count). The van der Waals surface area contributed by atoms with E-state index >= 15 is 0 Å². The molecule has 10 heavy (non-hydrogen) atoms. The first kappa shape index (κ1) is 7.55.